The van der Waals surface area contributed by atoms with Crippen molar-refractivity contribution >= 4 is 11.9 Å². The minimum Gasteiger partial charge on any atom is -0.478 e. The summed E-state index contributed by atoms with van der Waals surface area (Å²) in [7, 11) is 0. The molecule has 0 aliphatic heterocycles. The van der Waals surface area contributed by atoms with E-state index in [9.17, 15) is 14.7 Å². The van der Waals surface area contributed by atoms with Gasteiger partial charge in [0, 0.05) is 12.6 Å². The Morgan fingerprint density at radius 3 is 2.05 bits per heavy atom. The lowest BCUT2D eigenvalue weighted by Gasteiger charge is -2.27. The third-order valence-electron chi connectivity index (χ3n) is 3.47. The van der Waals surface area contributed by atoms with Crippen molar-refractivity contribution in [2.24, 2.45) is 0 Å². The molecule has 2 rings (SSSR count). The Labute approximate surface area is 130 Å². The minimum atomic E-state index is -1.09. The van der Waals surface area contributed by atoms with Gasteiger partial charge in [0.25, 0.3) is 5.91 Å². The molecule has 0 fully saturated rings. The zero-order valence-corrected chi connectivity index (χ0v) is 12.7. The molecule has 0 spiro atoms. The van der Waals surface area contributed by atoms with Crippen molar-refractivity contribution < 1.29 is 14.7 Å². The molecule has 0 unspecified atom stereocenters. The van der Waals surface area contributed by atoms with Gasteiger partial charge >= 0.3 is 5.97 Å². The van der Waals surface area contributed by atoms with E-state index in [0.29, 0.717) is 6.54 Å². The molecule has 1 amide bonds. The number of hydrogen-bond acceptors (Lipinski definition) is 2. The van der Waals surface area contributed by atoms with Crippen LogP contribution in [0.5, 0.6) is 0 Å². The highest BCUT2D eigenvalue weighted by Crippen LogP contribution is 2.16. The Morgan fingerprint density at radius 1 is 0.955 bits per heavy atom. The molecule has 0 radical (unpaired) electrons. The number of carboxylic acids is 1. The topological polar surface area (TPSA) is 57.6 Å². The molecule has 0 saturated heterocycles. The maximum absolute atomic E-state index is 12.8. The normalized spacial score (nSPS) is 10.5. The summed E-state index contributed by atoms with van der Waals surface area (Å²) in [6.45, 7) is 4.29. The standard InChI is InChI=1S/C18H19NO3/c1-13(2)19(12-14-8-4-3-5-9-14)17(20)15-10-6-7-11-16(15)18(21)22/h3-11,13H,12H2,1-2H3,(H,21,22). The first-order valence-electron chi connectivity index (χ1n) is 7.18. The number of rotatable bonds is 5. The Bertz CT molecular complexity index is 665. The first-order chi connectivity index (χ1) is 10.5. The van der Waals surface area contributed by atoms with Crippen LogP contribution in [-0.4, -0.2) is 27.9 Å². The molecule has 0 aromatic heterocycles. The molecule has 0 saturated carbocycles. The average molecular weight is 297 g/mol. The van der Waals surface area contributed by atoms with Crippen molar-refractivity contribution in [3.05, 3.63) is 71.3 Å². The van der Waals surface area contributed by atoms with Gasteiger partial charge < -0.3 is 10.0 Å². The highest BCUT2D eigenvalue weighted by molar-refractivity contribution is 6.04. The van der Waals surface area contributed by atoms with Crippen molar-refractivity contribution in [1.82, 2.24) is 4.90 Å². The Hall–Kier alpha value is -2.62. The first kappa shape index (κ1) is 15.8. The lowest BCUT2D eigenvalue weighted by atomic mass is 10.0. The maximum atomic E-state index is 12.8. The summed E-state index contributed by atoms with van der Waals surface area (Å²) >= 11 is 0. The fraction of sp³-hybridized carbons (Fsp3) is 0.222. The zero-order valence-electron chi connectivity index (χ0n) is 12.7. The quantitative estimate of drug-likeness (QED) is 0.919. The Kier molecular flexibility index (Phi) is 4.94. The van der Waals surface area contributed by atoms with Gasteiger partial charge in [0.1, 0.15) is 0 Å². The highest BCUT2D eigenvalue weighted by Gasteiger charge is 2.23. The van der Waals surface area contributed by atoms with Crippen LogP contribution in [0.25, 0.3) is 0 Å². The van der Waals surface area contributed by atoms with Gasteiger partial charge in [0.2, 0.25) is 0 Å². The van der Waals surface area contributed by atoms with E-state index in [0.717, 1.165) is 5.56 Å². The van der Waals surface area contributed by atoms with Crippen LogP contribution in [0, 0.1) is 0 Å². The summed E-state index contributed by atoms with van der Waals surface area (Å²) in [5.41, 5.74) is 1.27. The molecule has 0 atom stereocenters. The summed E-state index contributed by atoms with van der Waals surface area (Å²) in [5.74, 6) is -1.36. The van der Waals surface area contributed by atoms with Gasteiger partial charge in [-0.05, 0) is 31.5 Å². The zero-order chi connectivity index (χ0) is 16.1. The van der Waals surface area contributed by atoms with Gasteiger partial charge in [0.15, 0.2) is 0 Å². The summed E-state index contributed by atoms with van der Waals surface area (Å²) in [4.78, 5) is 25.8. The predicted molar refractivity (Wildman–Crippen MR) is 84.9 cm³/mol. The van der Waals surface area contributed by atoms with E-state index in [2.05, 4.69) is 0 Å². The lowest BCUT2D eigenvalue weighted by molar-refractivity contribution is 0.0650. The molecule has 0 bridgehead atoms. The van der Waals surface area contributed by atoms with Crippen LogP contribution in [0.1, 0.15) is 40.1 Å². The minimum absolute atomic E-state index is 0.0328. The number of carbonyl (C=O) groups is 2. The van der Waals surface area contributed by atoms with E-state index in [1.54, 1.807) is 23.1 Å². The number of aromatic carboxylic acids is 1. The molecule has 4 heteroatoms. The largest absolute Gasteiger partial charge is 0.478 e. The molecular weight excluding hydrogens is 278 g/mol. The first-order valence-corrected chi connectivity index (χ1v) is 7.18. The highest BCUT2D eigenvalue weighted by atomic mass is 16.4. The molecule has 2 aromatic rings. The van der Waals surface area contributed by atoms with E-state index in [4.69, 9.17) is 0 Å². The fourth-order valence-corrected chi connectivity index (χ4v) is 2.28. The second-order valence-corrected chi connectivity index (χ2v) is 5.36. The molecule has 1 N–H and O–H groups in total. The SMILES string of the molecule is CC(C)N(Cc1ccccc1)C(=O)c1ccccc1C(=O)O. The molecule has 4 nitrogen and oxygen atoms in total. The number of hydrogen-bond donors (Lipinski definition) is 1. The van der Waals surface area contributed by atoms with Crippen LogP contribution in [0.4, 0.5) is 0 Å². The van der Waals surface area contributed by atoms with Crippen molar-refractivity contribution in [3.8, 4) is 0 Å². The molecule has 0 heterocycles. The van der Waals surface area contributed by atoms with E-state index < -0.39 is 5.97 Å². The monoisotopic (exact) mass is 297 g/mol. The van der Waals surface area contributed by atoms with Crippen LogP contribution >= 0.6 is 0 Å². The molecule has 0 aliphatic carbocycles. The van der Waals surface area contributed by atoms with Crippen LogP contribution in [0.2, 0.25) is 0 Å². The molecule has 114 valence electrons. The van der Waals surface area contributed by atoms with Gasteiger partial charge in [-0.1, -0.05) is 42.5 Å². The van der Waals surface area contributed by atoms with Crippen molar-refractivity contribution in [1.29, 1.82) is 0 Å². The number of carboxylic acid groups (broad SMARTS) is 1. The lowest BCUT2D eigenvalue weighted by Crippen LogP contribution is -2.37. The number of benzene rings is 2. The molecule has 22 heavy (non-hydrogen) atoms. The number of carbonyl (C=O) groups excluding carboxylic acids is 1. The molecule has 2 aromatic carbocycles. The van der Waals surface area contributed by atoms with Gasteiger partial charge in [-0.25, -0.2) is 4.79 Å². The second kappa shape index (κ2) is 6.89. The second-order valence-electron chi connectivity index (χ2n) is 5.36. The predicted octanol–water partition coefficient (Wildman–Crippen LogP) is 3.44. The number of nitrogens with zero attached hydrogens (tertiary/aromatic N) is 1. The van der Waals surface area contributed by atoms with E-state index in [-0.39, 0.29) is 23.1 Å². The number of amides is 1. The van der Waals surface area contributed by atoms with Gasteiger partial charge in [0.05, 0.1) is 11.1 Å². The van der Waals surface area contributed by atoms with E-state index in [1.165, 1.54) is 6.07 Å². The molecular formula is C18H19NO3. The van der Waals surface area contributed by atoms with E-state index >= 15 is 0 Å². The van der Waals surface area contributed by atoms with Gasteiger partial charge in [-0.3, -0.25) is 4.79 Å². The molecule has 0 aliphatic rings. The summed E-state index contributed by atoms with van der Waals surface area (Å²) < 4.78 is 0. The van der Waals surface area contributed by atoms with Crippen LogP contribution < -0.4 is 0 Å². The van der Waals surface area contributed by atoms with Crippen LogP contribution in [-0.2, 0) is 6.54 Å². The van der Waals surface area contributed by atoms with Crippen molar-refractivity contribution in [3.63, 3.8) is 0 Å². The van der Waals surface area contributed by atoms with Crippen molar-refractivity contribution in [2.75, 3.05) is 0 Å². The maximum Gasteiger partial charge on any atom is 0.336 e. The average Bonchev–Trinajstić information content (AvgIpc) is 2.52. The fourth-order valence-electron chi connectivity index (χ4n) is 2.28. The van der Waals surface area contributed by atoms with Gasteiger partial charge in [-0.15, -0.1) is 0 Å². The van der Waals surface area contributed by atoms with Gasteiger partial charge in [-0.2, -0.15) is 0 Å². The summed E-state index contributed by atoms with van der Waals surface area (Å²) in [5, 5.41) is 9.25. The summed E-state index contributed by atoms with van der Waals surface area (Å²) in [6.07, 6.45) is 0. The Balaban J connectivity index is 2.33. The summed E-state index contributed by atoms with van der Waals surface area (Å²) in [6, 6.07) is 15.9. The van der Waals surface area contributed by atoms with E-state index in [1.807, 2.05) is 44.2 Å². The van der Waals surface area contributed by atoms with Crippen LogP contribution in [0.3, 0.4) is 0 Å². The Morgan fingerprint density at radius 2 is 1.50 bits per heavy atom. The van der Waals surface area contributed by atoms with Crippen molar-refractivity contribution in [2.45, 2.75) is 26.4 Å². The third-order valence-corrected chi connectivity index (χ3v) is 3.47. The van der Waals surface area contributed by atoms with Crippen LogP contribution in [0.15, 0.2) is 54.6 Å². The smallest absolute Gasteiger partial charge is 0.336 e. The third kappa shape index (κ3) is 3.52.